The van der Waals surface area contributed by atoms with Crippen LogP contribution in [0.4, 0.5) is 0 Å². The molecular formula is C23H29N5O2S2. The molecule has 0 saturated carbocycles. The van der Waals surface area contributed by atoms with E-state index in [0.29, 0.717) is 18.2 Å². The first-order valence-corrected chi connectivity index (χ1v) is 13.0. The second kappa shape index (κ2) is 11.5. The van der Waals surface area contributed by atoms with Gasteiger partial charge in [0.15, 0.2) is 5.16 Å². The van der Waals surface area contributed by atoms with E-state index in [-0.39, 0.29) is 36.1 Å². The lowest BCUT2D eigenvalue weighted by atomic mass is 10.1. The molecule has 170 valence electrons. The number of rotatable bonds is 9. The van der Waals surface area contributed by atoms with Crippen molar-refractivity contribution in [3.8, 4) is 12.1 Å². The van der Waals surface area contributed by atoms with E-state index >= 15 is 0 Å². The molecule has 3 rings (SSSR count). The summed E-state index contributed by atoms with van der Waals surface area (Å²) in [5.74, 6) is -0.0245. The highest BCUT2D eigenvalue weighted by Crippen LogP contribution is 2.34. The van der Waals surface area contributed by atoms with Gasteiger partial charge in [0.25, 0.3) is 5.56 Å². The van der Waals surface area contributed by atoms with Gasteiger partial charge in [0.2, 0.25) is 5.91 Å². The van der Waals surface area contributed by atoms with Crippen LogP contribution in [0.5, 0.6) is 0 Å². The molecule has 0 bridgehead atoms. The highest BCUT2D eigenvalue weighted by molar-refractivity contribution is 7.99. The lowest BCUT2D eigenvalue weighted by Crippen LogP contribution is -2.34. The Labute approximate surface area is 197 Å². The molecule has 2 aromatic rings. The Morgan fingerprint density at radius 2 is 1.91 bits per heavy atom. The van der Waals surface area contributed by atoms with Gasteiger partial charge >= 0.3 is 0 Å². The molecule has 2 aromatic heterocycles. The highest BCUT2D eigenvalue weighted by atomic mass is 32.2. The molecule has 1 aliphatic carbocycles. The summed E-state index contributed by atoms with van der Waals surface area (Å²) in [7, 11) is 0. The highest BCUT2D eigenvalue weighted by Gasteiger charge is 2.24. The number of nitrogens with zero attached hydrogens (tertiary/aromatic N) is 5. The van der Waals surface area contributed by atoms with E-state index in [1.54, 1.807) is 20.8 Å². The minimum Gasteiger partial charge on any atom is -0.340 e. The van der Waals surface area contributed by atoms with Crippen molar-refractivity contribution in [1.29, 1.82) is 10.5 Å². The number of hydrogen-bond donors (Lipinski definition) is 0. The fraction of sp³-hybridized carbons (Fsp3) is 0.609. The predicted octanol–water partition coefficient (Wildman–Crippen LogP) is 4.45. The number of carbonyl (C=O) groups is 1. The molecule has 0 aromatic carbocycles. The first kappa shape index (κ1) is 24.3. The van der Waals surface area contributed by atoms with Crippen LogP contribution in [0.3, 0.4) is 0 Å². The van der Waals surface area contributed by atoms with Gasteiger partial charge in [0, 0.05) is 24.0 Å². The van der Waals surface area contributed by atoms with Crippen LogP contribution in [0.15, 0.2) is 9.95 Å². The standard InChI is InChI=1S/C23H29N5O2S2/c1-3-16(2)28-22(30)20-17-9-5-4-6-10-18(17)32-21(20)26-23(28)31-15-19(29)27(13-7-11-24)14-8-12-25/h16H,3-10,13-15H2,1-2H3. The van der Waals surface area contributed by atoms with Gasteiger partial charge in [-0.15, -0.1) is 11.3 Å². The summed E-state index contributed by atoms with van der Waals surface area (Å²) in [6.07, 6.45) is 6.63. The van der Waals surface area contributed by atoms with Gasteiger partial charge in [0.1, 0.15) is 4.83 Å². The van der Waals surface area contributed by atoms with Crippen LogP contribution in [0.2, 0.25) is 0 Å². The molecule has 1 amide bonds. The summed E-state index contributed by atoms with van der Waals surface area (Å²) in [6, 6.07) is 4.08. The number of hydrogen-bond acceptors (Lipinski definition) is 7. The third-order valence-corrected chi connectivity index (χ3v) is 8.06. The molecule has 1 atom stereocenters. The topological polar surface area (TPSA) is 103 Å². The number of thioether (sulfide) groups is 1. The van der Waals surface area contributed by atoms with Gasteiger partial charge in [-0.1, -0.05) is 25.1 Å². The zero-order valence-electron chi connectivity index (χ0n) is 18.7. The quantitative estimate of drug-likeness (QED) is 0.304. The van der Waals surface area contributed by atoms with Crippen molar-refractivity contribution in [3.05, 3.63) is 20.8 Å². The molecule has 0 spiro atoms. The van der Waals surface area contributed by atoms with Crippen LogP contribution < -0.4 is 5.56 Å². The molecule has 0 fully saturated rings. The molecule has 0 saturated heterocycles. The molecule has 9 heteroatoms. The van der Waals surface area contributed by atoms with E-state index in [0.717, 1.165) is 42.3 Å². The van der Waals surface area contributed by atoms with Gasteiger partial charge in [-0.05, 0) is 44.6 Å². The zero-order chi connectivity index (χ0) is 23.1. The second-order valence-corrected chi connectivity index (χ2v) is 10.1. The Morgan fingerprint density at radius 3 is 2.56 bits per heavy atom. The van der Waals surface area contributed by atoms with Gasteiger partial charge in [0.05, 0.1) is 36.1 Å². The van der Waals surface area contributed by atoms with E-state index in [9.17, 15) is 9.59 Å². The van der Waals surface area contributed by atoms with Crippen molar-refractivity contribution in [3.63, 3.8) is 0 Å². The minimum absolute atomic E-state index is 0.00418. The fourth-order valence-electron chi connectivity index (χ4n) is 4.00. The van der Waals surface area contributed by atoms with Gasteiger partial charge in [-0.2, -0.15) is 10.5 Å². The Kier molecular flexibility index (Phi) is 8.72. The second-order valence-electron chi connectivity index (χ2n) is 8.06. The number of aryl methyl sites for hydroxylation is 2. The monoisotopic (exact) mass is 471 g/mol. The fourth-order valence-corrected chi connectivity index (χ4v) is 6.30. The summed E-state index contributed by atoms with van der Waals surface area (Å²) >= 11 is 2.90. The van der Waals surface area contributed by atoms with E-state index in [1.165, 1.54) is 28.6 Å². The van der Waals surface area contributed by atoms with Gasteiger partial charge < -0.3 is 4.90 Å². The molecule has 2 heterocycles. The Morgan fingerprint density at radius 1 is 1.22 bits per heavy atom. The number of carbonyl (C=O) groups excluding carboxylic acids is 1. The van der Waals surface area contributed by atoms with E-state index in [1.807, 2.05) is 13.8 Å². The molecule has 1 unspecified atom stereocenters. The molecule has 32 heavy (non-hydrogen) atoms. The van der Waals surface area contributed by atoms with Crippen LogP contribution in [0.25, 0.3) is 10.2 Å². The van der Waals surface area contributed by atoms with E-state index < -0.39 is 0 Å². The summed E-state index contributed by atoms with van der Waals surface area (Å²) in [6.45, 7) is 4.66. The van der Waals surface area contributed by atoms with Crippen LogP contribution >= 0.6 is 23.1 Å². The van der Waals surface area contributed by atoms with Crippen LogP contribution in [-0.4, -0.2) is 39.2 Å². The minimum atomic E-state index is -0.146. The maximum absolute atomic E-state index is 13.6. The zero-order valence-corrected chi connectivity index (χ0v) is 20.4. The normalized spacial score (nSPS) is 14.2. The number of nitriles is 2. The first-order chi connectivity index (χ1) is 15.5. The van der Waals surface area contributed by atoms with Crippen molar-refractivity contribution in [1.82, 2.24) is 14.5 Å². The number of thiophene rings is 1. The summed E-state index contributed by atoms with van der Waals surface area (Å²) in [5, 5.41) is 19.1. The third kappa shape index (κ3) is 5.33. The predicted molar refractivity (Wildman–Crippen MR) is 128 cm³/mol. The largest absolute Gasteiger partial charge is 0.340 e. The van der Waals surface area contributed by atoms with Crippen molar-refractivity contribution in [2.45, 2.75) is 76.4 Å². The van der Waals surface area contributed by atoms with Gasteiger partial charge in [-0.3, -0.25) is 14.2 Å². The lowest BCUT2D eigenvalue weighted by Gasteiger charge is -2.21. The average molecular weight is 472 g/mol. The van der Waals surface area contributed by atoms with Crippen LogP contribution in [0, 0.1) is 22.7 Å². The number of fused-ring (bicyclic) bond motifs is 3. The molecule has 0 N–H and O–H groups in total. The average Bonchev–Trinajstić information content (AvgIpc) is 2.98. The summed E-state index contributed by atoms with van der Waals surface area (Å²) in [4.78, 5) is 34.9. The van der Waals surface area contributed by atoms with E-state index in [4.69, 9.17) is 15.5 Å². The lowest BCUT2D eigenvalue weighted by molar-refractivity contribution is -0.128. The van der Waals surface area contributed by atoms with Crippen molar-refractivity contribution >= 4 is 39.2 Å². The number of aromatic nitrogens is 2. The maximum Gasteiger partial charge on any atom is 0.263 e. The number of amides is 1. The Bertz CT molecular complexity index is 1090. The van der Waals surface area contributed by atoms with Crippen molar-refractivity contribution in [2.24, 2.45) is 0 Å². The maximum atomic E-state index is 13.6. The van der Waals surface area contributed by atoms with Crippen LogP contribution in [-0.2, 0) is 17.6 Å². The third-order valence-electron chi connectivity index (χ3n) is 5.93. The van der Waals surface area contributed by atoms with Crippen molar-refractivity contribution in [2.75, 3.05) is 18.8 Å². The smallest absolute Gasteiger partial charge is 0.263 e. The molecular weight excluding hydrogens is 442 g/mol. The van der Waals surface area contributed by atoms with Crippen LogP contribution in [0.1, 0.15) is 68.9 Å². The SMILES string of the molecule is CCC(C)n1c(SCC(=O)N(CCC#N)CCC#N)nc2sc3c(c2c1=O)CCCCC3. The van der Waals surface area contributed by atoms with Gasteiger partial charge in [-0.25, -0.2) is 4.98 Å². The Balaban J connectivity index is 1.93. The molecule has 7 nitrogen and oxygen atoms in total. The first-order valence-electron chi connectivity index (χ1n) is 11.2. The Hall–Kier alpha value is -2.36. The molecule has 0 radical (unpaired) electrons. The van der Waals surface area contributed by atoms with E-state index in [2.05, 4.69) is 12.1 Å². The molecule has 1 aliphatic rings. The van der Waals surface area contributed by atoms with Crippen molar-refractivity contribution < 1.29 is 4.79 Å². The summed E-state index contributed by atoms with van der Waals surface area (Å²) in [5.41, 5.74) is 1.19. The summed E-state index contributed by atoms with van der Waals surface area (Å²) < 4.78 is 1.76. The molecule has 0 aliphatic heterocycles.